The Hall–Kier alpha value is -2.73. The predicted octanol–water partition coefficient (Wildman–Crippen LogP) is 9.78. The average molecular weight is 623 g/mol. The van der Waals surface area contributed by atoms with Gasteiger partial charge in [0.1, 0.15) is 5.78 Å². The Morgan fingerprint density at radius 3 is 1.91 bits per heavy atom. The number of carbonyl (C=O) groups is 3. The number of benzene rings is 2. The second-order valence-electron chi connectivity index (χ2n) is 15.4. The maximum absolute atomic E-state index is 13.6. The van der Waals surface area contributed by atoms with Crippen molar-refractivity contribution in [3.63, 3.8) is 0 Å². The van der Waals surface area contributed by atoms with E-state index in [4.69, 9.17) is 9.47 Å². The van der Waals surface area contributed by atoms with Gasteiger partial charge in [-0.15, -0.1) is 0 Å². The molecule has 2 fully saturated rings. The summed E-state index contributed by atoms with van der Waals surface area (Å²) in [5.74, 6) is -0.928. The first-order chi connectivity index (χ1) is 21.1. The summed E-state index contributed by atoms with van der Waals surface area (Å²) in [5.41, 5.74) is -2.81. The first kappa shape index (κ1) is 36.7. The highest BCUT2D eigenvalue weighted by Crippen LogP contribution is 2.47. The van der Waals surface area contributed by atoms with Crippen LogP contribution in [0.25, 0.3) is 10.8 Å². The molecule has 4 rings (SSSR count). The summed E-state index contributed by atoms with van der Waals surface area (Å²) in [6.45, 7) is 14.2. The van der Waals surface area contributed by atoms with Crippen LogP contribution in [0.4, 0.5) is 0 Å². The number of carboxylic acids is 1. The first-order valence-corrected chi connectivity index (χ1v) is 17.2. The maximum Gasteiger partial charge on any atom is 0.314 e. The number of carboxylic acid groups (broad SMARTS) is 1. The van der Waals surface area contributed by atoms with Crippen LogP contribution in [0.15, 0.2) is 48.5 Å². The van der Waals surface area contributed by atoms with Crippen LogP contribution in [0.5, 0.6) is 0 Å². The Morgan fingerprint density at radius 2 is 1.44 bits per heavy atom. The molecule has 1 heterocycles. The van der Waals surface area contributed by atoms with Gasteiger partial charge in [-0.2, -0.15) is 0 Å². The van der Waals surface area contributed by atoms with E-state index in [0.717, 1.165) is 38.5 Å². The van der Waals surface area contributed by atoms with Crippen molar-refractivity contribution < 1.29 is 29.0 Å². The highest BCUT2D eigenvalue weighted by atomic mass is 16.7. The van der Waals surface area contributed by atoms with Gasteiger partial charge >= 0.3 is 11.9 Å². The predicted molar refractivity (Wildman–Crippen MR) is 181 cm³/mol. The zero-order valence-corrected chi connectivity index (χ0v) is 29.0. The summed E-state index contributed by atoms with van der Waals surface area (Å²) in [6.07, 6.45) is 9.03. The number of rotatable bonds is 12. The molecule has 1 aliphatic carbocycles. The summed E-state index contributed by atoms with van der Waals surface area (Å²) in [4.78, 5) is 39.3. The number of hydrogen-bond donors (Lipinski definition) is 1. The fraction of sp³-hybridized carbons (Fsp3) is 0.667. The van der Waals surface area contributed by atoms with Crippen LogP contribution in [0.1, 0.15) is 126 Å². The van der Waals surface area contributed by atoms with Crippen molar-refractivity contribution in [2.45, 2.75) is 132 Å². The van der Waals surface area contributed by atoms with Gasteiger partial charge in [0.25, 0.3) is 0 Å². The fourth-order valence-corrected chi connectivity index (χ4v) is 7.82. The Labute approximate surface area is 271 Å². The van der Waals surface area contributed by atoms with Gasteiger partial charge < -0.3 is 14.6 Å². The number of fused-ring (bicyclic) bond motifs is 1. The largest absolute Gasteiger partial charge is 0.481 e. The van der Waals surface area contributed by atoms with Crippen molar-refractivity contribution in [2.24, 2.45) is 27.6 Å². The topological polar surface area (TPSA) is 89.9 Å². The lowest BCUT2D eigenvalue weighted by Gasteiger charge is -2.41. The van der Waals surface area contributed by atoms with Crippen molar-refractivity contribution in [2.75, 3.05) is 6.61 Å². The number of Topliss-reactive ketones (excluding diaryl/α,β-unsaturated/α-hetero) is 1. The van der Waals surface area contributed by atoms with Crippen LogP contribution in [0, 0.1) is 27.6 Å². The van der Waals surface area contributed by atoms with Crippen LogP contribution >= 0.6 is 0 Å². The van der Waals surface area contributed by atoms with E-state index in [2.05, 4.69) is 62.4 Å². The zero-order valence-electron chi connectivity index (χ0n) is 29.0. The molecule has 4 atom stereocenters. The molecule has 45 heavy (non-hydrogen) atoms. The number of ketones is 1. The molecule has 4 unspecified atom stereocenters. The zero-order chi connectivity index (χ0) is 33.3. The van der Waals surface area contributed by atoms with E-state index in [0.29, 0.717) is 38.1 Å². The maximum atomic E-state index is 13.6. The summed E-state index contributed by atoms with van der Waals surface area (Å²) in [6, 6.07) is 16.7. The molecule has 2 aromatic carbocycles. The Bertz CT molecular complexity index is 1210. The monoisotopic (exact) mass is 622 g/mol. The Balaban J connectivity index is 0.000000460. The third kappa shape index (κ3) is 9.88. The highest BCUT2D eigenvalue weighted by molar-refractivity contribution is 5.89. The molecule has 0 amide bonds. The normalized spacial score (nSPS) is 21.7. The Morgan fingerprint density at radius 1 is 0.889 bits per heavy atom. The lowest BCUT2D eigenvalue weighted by Crippen LogP contribution is -2.44. The SMILES string of the molecule is CCC(C)(CC(C)(CC(C)CC(C)(C)C(=O)C1(C)CCCCC1)C(=O)OC1CCCCO1)C(=O)O.c1ccc2ccccc2c1. The molecule has 1 saturated carbocycles. The summed E-state index contributed by atoms with van der Waals surface area (Å²) in [7, 11) is 0. The molecule has 1 aliphatic heterocycles. The van der Waals surface area contributed by atoms with Gasteiger partial charge in [0.05, 0.1) is 17.4 Å². The minimum atomic E-state index is -1.04. The average Bonchev–Trinajstić information content (AvgIpc) is 3.01. The number of carbonyl (C=O) groups excluding carboxylic acids is 2. The first-order valence-electron chi connectivity index (χ1n) is 17.2. The molecule has 6 heteroatoms. The molecule has 0 aromatic heterocycles. The van der Waals surface area contributed by atoms with Crippen molar-refractivity contribution >= 4 is 28.5 Å². The lowest BCUT2D eigenvalue weighted by atomic mass is 9.62. The number of aliphatic carboxylic acids is 1. The molecular formula is C39H58O6. The molecule has 250 valence electrons. The van der Waals surface area contributed by atoms with Crippen LogP contribution in [0.3, 0.4) is 0 Å². The van der Waals surface area contributed by atoms with Crippen LogP contribution < -0.4 is 0 Å². The molecule has 2 aliphatic rings. The minimum absolute atomic E-state index is 0.0425. The number of hydrogen-bond acceptors (Lipinski definition) is 5. The molecule has 1 N–H and O–H groups in total. The van der Waals surface area contributed by atoms with E-state index in [9.17, 15) is 19.5 Å². The van der Waals surface area contributed by atoms with Crippen LogP contribution in [0.2, 0.25) is 0 Å². The van der Waals surface area contributed by atoms with Crippen LogP contribution in [-0.2, 0) is 23.9 Å². The lowest BCUT2D eigenvalue weighted by molar-refractivity contribution is -0.200. The van der Waals surface area contributed by atoms with E-state index in [-0.39, 0.29) is 23.7 Å². The van der Waals surface area contributed by atoms with Gasteiger partial charge in [0, 0.05) is 17.3 Å². The molecule has 1 saturated heterocycles. The molecular weight excluding hydrogens is 564 g/mol. The van der Waals surface area contributed by atoms with Crippen molar-refractivity contribution in [1.82, 2.24) is 0 Å². The number of esters is 1. The van der Waals surface area contributed by atoms with Gasteiger partial charge in [-0.25, -0.2) is 0 Å². The third-order valence-electron chi connectivity index (χ3n) is 10.4. The van der Waals surface area contributed by atoms with Gasteiger partial charge in [-0.05, 0) is 81.9 Å². The summed E-state index contributed by atoms with van der Waals surface area (Å²) in [5, 5.41) is 12.6. The van der Waals surface area contributed by atoms with E-state index in [1.807, 2.05) is 27.7 Å². The summed E-state index contributed by atoms with van der Waals surface area (Å²) >= 11 is 0. The molecule has 2 aromatic rings. The van der Waals surface area contributed by atoms with Crippen molar-refractivity contribution in [3.05, 3.63) is 48.5 Å². The van der Waals surface area contributed by atoms with Crippen molar-refractivity contribution in [1.29, 1.82) is 0 Å². The van der Waals surface area contributed by atoms with E-state index >= 15 is 0 Å². The van der Waals surface area contributed by atoms with Gasteiger partial charge in [-0.1, -0.05) is 102 Å². The molecule has 0 spiro atoms. The van der Waals surface area contributed by atoms with E-state index < -0.39 is 28.5 Å². The quantitative estimate of drug-likeness (QED) is 0.237. The summed E-state index contributed by atoms with van der Waals surface area (Å²) < 4.78 is 11.4. The fourth-order valence-electron chi connectivity index (χ4n) is 7.82. The van der Waals surface area contributed by atoms with E-state index in [1.165, 1.54) is 17.2 Å². The highest BCUT2D eigenvalue weighted by Gasteiger charge is 2.48. The molecule has 0 bridgehead atoms. The second-order valence-corrected chi connectivity index (χ2v) is 15.4. The van der Waals surface area contributed by atoms with Gasteiger partial charge in [0.15, 0.2) is 0 Å². The Kier molecular flexibility index (Phi) is 12.8. The molecule has 6 nitrogen and oxygen atoms in total. The third-order valence-corrected chi connectivity index (χ3v) is 10.4. The van der Waals surface area contributed by atoms with Crippen molar-refractivity contribution in [3.8, 4) is 0 Å². The van der Waals surface area contributed by atoms with Gasteiger partial charge in [0.2, 0.25) is 6.29 Å². The van der Waals surface area contributed by atoms with Crippen LogP contribution in [-0.4, -0.2) is 35.7 Å². The second kappa shape index (κ2) is 15.7. The van der Waals surface area contributed by atoms with Gasteiger partial charge in [-0.3, -0.25) is 14.4 Å². The smallest absolute Gasteiger partial charge is 0.314 e. The standard InChI is InChI=1S/C29H50O6.C10H8/c1-8-27(5,24(31)32)20-29(7,25(33)35-22-14-10-13-17-34-22)19-21(2)18-26(3,4)23(30)28(6)15-11-9-12-16-28;1-2-6-10-8-4-3-7-9(10)5-1/h21-22H,8-20H2,1-7H3,(H,31,32);1-8H. The minimum Gasteiger partial charge on any atom is -0.481 e. The molecule has 0 radical (unpaired) electrons. The van der Waals surface area contributed by atoms with E-state index in [1.54, 1.807) is 6.92 Å². The number of ether oxygens (including phenoxy) is 2.